The first-order valence-electron chi connectivity index (χ1n) is 7.49. The van der Waals surface area contributed by atoms with Gasteiger partial charge in [-0.25, -0.2) is 13.1 Å². The highest BCUT2D eigenvalue weighted by Crippen LogP contribution is 2.42. The quantitative estimate of drug-likeness (QED) is 0.853. The zero-order valence-electron chi connectivity index (χ0n) is 13.1. The highest BCUT2D eigenvalue weighted by atomic mass is 32.2. The summed E-state index contributed by atoms with van der Waals surface area (Å²) in [5.74, 6) is -0.340. The summed E-state index contributed by atoms with van der Waals surface area (Å²) in [4.78, 5) is 12.2. The summed E-state index contributed by atoms with van der Waals surface area (Å²) >= 11 is 0. The number of amides is 1. The van der Waals surface area contributed by atoms with Gasteiger partial charge in [-0.1, -0.05) is 30.3 Å². The van der Waals surface area contributed by atoms with E-state index >= 15 is 0 Å². The van der Waals surface area contributed by atoms with Crippen molar-refractivity contribution in [3.8, 4) is 5.75 Å². The molecule has 2 aromatic rings. The third-order valence-corrected chi connectivity index (χ3v) is 4.86. The molecule has 1 aromatic heterocycles. The first kappa shape index (κ1) is 16.4. The molecule has 0 bridgehead atoms. The van der Waals surface area contributed by atoms with Crippen molar-refractivity contribution in [1.29, 1.82) is 0 Å². The maximum Gasteiger partial charge on any atom is 0.285 e. The van der Waals surface area contributed by atoms with Crippen molar-refractivity contribution in [2.75, 3.05) is 7.11 Å². The fourth-order valence-electron chi connectivity index (χ4n) is 2.32. The third-order valence-electron chi connectivity index (χ3n) is 3.65. The molecule has 1 aliphatic carbocycles. The van der Waals surface area contributed by atoms with Gasteiger partial charge in [-0.3, -0.25) is 4.79 Å². The van der Waals surface area contributed by atoms with E-state index in [2.05, 4.69) is 10.2 Å². The monoisotopic (exact) mass is 347 g/mol. The van der Waals surface area contributed by atoms with Crippen molar-refractivity contribution >= 4 is 15.9 Å². The fourth-order valence-corrected chi connectivity index (χ4v) is 3.41. The number of methoxy groups -OCH3 is 1. The lowest BCUT2D eigenvalue weighted by Gasteiger charge is -2.09. The number of ether oxygens (including phenoxy) is 1. The van der Waals surface area contributed by atoms with Crippen molar-refractivity contribution in [3.63, 3.8) is 0 Å². The van der Waals surface area contributed by atoms with Crippen LogP contribution in [0.4, 0.5) is 0 Å². The molecule has 1 heterocycles. The minimum absolute atomic E-state index is 0.0899. The predicted octanol–water partition coefficient (Wildman–Crippen LogP) is 1.62. The van der Waals surface area contributed by atoms with Gasteiger partial charge in [0.15, 0.2) is 5.69 Å². The molecule has 0 spiro atoms. The van der Waals surface area contributed by atoms with Crippen LogP contribution in [0, 0.1) is 0 Å². The van der Waals surface area contributed by atoms with Crippen LogP contribution in [0.15, 0.2) is 36.4 Å². The van der Waals surface area contributed by atoms with E-state index in [0.717, 1.165) is 12.8 Å². The van der Waals surface area contributed by atoms with Crippen LogP contribution in [0.25, 0.3) is 0 Å². The van der Waals surface area contributed by atoms with E-state index < -0.39 is 15.9 Å². The Labute approximate surface area is 140 Å². The van der Waals surface area contributed by atoms with E-state index in [4.69, 9.17) is 4.74 Å². The lowest BCUT2D eigenvalue weighted by Crippen LogP contribution is -2.32. The summed E-state index contributed by atoms with van der Waals surface area (Å²) in [6, 6.07) is 10.0. The first-order chi connectivity index (χ1) is 11.5. The second-order valence-electron chi connectivity index (χ2n) is 5.63. The number of carbonyl (C=O) groups is 1. The van der Waals surface area contributed by atoms with Crippen molar-refractivity contribution < 1.29 is 17.9 Å². The van der Waals surface area contributed by atoms with E-state index in [-0.39, 0.29) is 11.4 Å². The molecular weight excluding hydrogens is 330 g/mol. The van der Waals surface area contributed by atoms with Gasteiger partial charge in [0.05, 0.1) is 12.9 Å². The second-order valence-corrected chi connectivity index (χ2v) is 7.36. The van der Waals surface area contributed by atoms with Crippen LogP contribution in [-0.2, 0) is 15.8 Å². The number of hydrogen-bond donors (Lipinski definition) is 1. The zero-order chi connectivity index (χ0) is 17.2. The minimum atomic E-state index is -3.82. The van der Waals surface area contributed by atoms with Crippen LogP contribution >= 0.6 is 0 Å². The van der Waals surface area contributed by atoms with Crippen molar-refractivity contribution in [2.45, 2.75) is 24.5 Å². The molecule has 24 heavy (non-hydrogen) atoms. The van der Waals surface area contributed by atoms with E-state index in [1.807, 2.05) is 4.72 Å². The van der Waals surface area contributed by atoms with Gasteiger partial charge in [-0.15, -0.1) is 5.10 Å². The fraction of sp³-hybridized carbons (Fsp3) is 0.312. The molecule has 1 amide bonds. The van der Waals surface area contributed by atoms with Crippen LogP contribution in [-0.4, -0.2) is 31.6 Å². The normalized spacial score (nSPS) is 14.2. The van der Waals surface area contributed by atoms with Crippen LogP contribution < -0.4 is 9.46 Å². The number of aromatic nitrogens is 2. The van der Waals surface area contributed by atoms with E-state index in [9.17, 15) is 13.2 Å². The Hall–Kier alpha value is -2.48. The summed E-state index contributed by atoms with van der Waals surface area (Å²) in [5, 5.41) is 7.85. The highest BCUT2D eigenvalue weighted by molar-refractivity contribution is 7.89. The highest BCUT2D eigenvalue weighted by Gasteiger charge is 2.30. The lowest BCUT2D eigenvalue weighted by atomic mass is 10.2. The Balaban J connectivity index is 1.74. The molecule has 8 heteroatoms. The number of nitrogens with one attached hydrogen (secondary N) is 1. The van der Waals surface area contributed by atoms with Gasteiger partial charge in [0, 0.05) is 12.0 Å². The van der Waals surface area contributed by atoms with Gasteiger partial charge in [0.25, 0.3) is 5.91 Å². The summed E-state index contributed by atoms with van der Waals surface area (Å²) in [6.45, 7) is 0. The Bertz CT molecular complexity index is 849. The average Bonchev–Trinajstić information content (AvgIpc) is 3.39. The molecule has 0 saturated heterocycles. The smallest absolute Gasteiger partial charge is 0.285 e. The molecule has 1 aromatic carbocycles. The molecule has 1 aliphatic rings. The summed E-state index contributed by atoms with van der Waals surface area (Å²) in [7, 11) is -2.34. The van der Waals surface area contributed by atoms with E-state index in [1.54, 1.807) is 30.3 Å². The number of hydrogen-bond acceptors (Lipinski definition) is 6. The Kier molecular flexibility index (Phi) is 4.48. The molecule has 0 atom stereocenters. The van der Waals surface area contributed by atoms with Crippen molar-refractivity contribution in [2.24, 2.45) is 0 Å². The van der Waals surface area contributed by atoms with Gasteiger partial charge >= 0.3 is 0 Å². The van der Waals surface area contributed by atoms with Crippen LogP contribution in [0.3, 0.4) is 0 Å². The molecule has 1 N–H and O–H groups in total. The Morgan fingerprint density at radius 2 is 1.96 bits per heavy atom. The first-order valence-corrected chi connectivity index (χ1v) is 9.14. The Morgan fingerprint density at radius 1 is 1.25 bits per heavy atom. The molecule has 0 unspecified atom stereocenters. The maximum absolute atomic E-state index is 12.2. The molecule has 0 aliphatic heterocycles. The van der Waals surface area contributed by atoms with Gasteiger partial charge in [-0.2, -0.15) is 5.10 Å². The SMILES string of the molecule is COc1cc(C(=O)NS(=O)(=O)Cc2ccccc2)nnc1C1CC1. The topological polar surface area (TPSA) is 98.2 Å². The van der Waals surface area contributed by atoms with Crippen LogP contribution in [0.5, 0.6) is 5.75 Å². The standard InChI is InChI=1S/C16H17N3O4S/c1-23-14-9-13(17-18-15(14)12-7-8-12)16(20)19-24(21,22)10-11-5-3-2-4-6-11/h2-6,9,12H,7-8,10H2,1H3,(H,19,20). The summed E-state index contributed by atoms with van der Waals surface area (Å²) in [6.07, 6.45) is 2.03. The summed E-state index contributed by atoms with van der Waals surface area (Å²) in [5.41, 5.74) is 1.21. The van der Waals surface area contributed by atoms with Crippen molar-refractivity contribution in [1.82, 2.24) is 14.9 Å². The van der Waals surface area contributed by atoms with E-state index in [1.165, 1.54) is 13.2 Å². The molecule has 1 saturated carbocycles. The number of sulfonamides is 1. The van der Waals surface area contributed by atoms with Crippen LogP contribution in [0.2, 0.25) is 0 Å². The van der Waals surface area contributed by atoms with Crippen LogP contribution in [0.1, 0.15) is 40.5 Å². The minimum Gasteiger partial charge on any atom is -0.495 e. The molecule has 1 fully saturated rings. The second kappa shape index (κ2) is 6.56. The summed E-state index contributed by atoms with van der Waals surface area (Å²) < 4.78 is 31.5. The average molecular weight is 347 g/mol. The molecule has 126 valence electrons. The van der Waals surface area contributed by atoms with Gasteiger partial charge in [0.1, 0.15) is 11.4 Å². The molecular formula is C16H17N3O4S. The zero-order valence-corrected chi connectivity index (χ0v) is 13.9. The number of nitrogens with zero attached hydrogens (tertiary/aromatic N) is 2. The molecule has 0 radical (unpaired) electrons. The number of rotatable bonds is 6. The third kappa shape index (κ3) is 3.88. The molecule has 3 rings (SSSR count). The van der Waals surface area contributed by atoms with Crippen molar-refractivity contribution in [3.05, 3.63) is 53.3 Å². The van der Waals surface area contributed by atoms with Gasteiger partial charge < -0.3 is 4.74 Å². The number of benzene rings is 1. The van der Waals surface area contributed by atoms with Gasteiger partial charge in [0.2, 0.25) is 10.0 Å². The Morgan fingerprint density at radius 3 is 2.58 bits per heavy atom. The van der Waals surface area contributed by atoms with Gasteiger partial charge in [-0.05, 0) is 18.4 Å². The predicted molar refractivity (Wildman–Crippen MR) is 87.1 cm³/mol. The lowest BCUT2D eigenvalue weighted by molar-refractivity contribution is 0.0975. The largest absolute Gasteiger partial charge is 0.495 e. The van der Waals surface area contributed by atoms with E-state index in [0.29, 0.717) is 22.9 Å². The molecule has 7 nitrogen and oxygen atoms in total. The number of carbonyl (C=O) groups excluding carboxylic acids is 1. The maximum atomic E-state index is 12.2.